The van der Waals surface area contributed by atoms with Crippen molar-refractivity contribution in [2.75, 3.05) is 32.7 Å². The third-order valence-corrected chi connectivity index (χ3v) is 6.20. The highest BCUT2D eigenvalue weighted by molar-refractivity contribution is 7.88. The van der Waals surface area contributed by atoms with Crippen molar-refractivity contribution in [2.45, 2.75) is 25.4 Å². The molecular formula is C17H24N2O6S. The van der Waals surface area contributed by atoms with Crippen LogP contribution >= 0.6 is 0 Å². The standard InChI is InChI=1S/C17H24N2O6S/c1-17(21,13-3-4-14-15(9-13)25-11-24-14)10-18-16(20)12-5-7-19(8-6-12)26(2,22)23/h3-4,9,12,21H,5-8,10-11H2,1-2H3,(H,18,20)/t17-/m1/s1. The number of amides is 1. The van der Waals surface area contributed by atoms with Gasteiger partial charge in [-0.2, -0.15) is 0 Å². The van der Waals surface area contributed by atoms with E-state index < -0.39 is 15.6 Å². The highest BCUT2D eigenvalue weighted by atomic mass is 32.2. The summed E-state index contributed by atoms with van der Waals surface area (Å²) in [5.41, 5.74) is -0.640. The third-order valence-electron chi connectivity index (χ3n) is 4.90. The van der Waals surface area contributed by atoms with E-state index in [2.05, 4.69) is 5.32 Å². The predicted molar refractivity (Wildman–Crippen MR) is 94.3 cm³/mol. The number of hydrogen-bond acceptors (Lipinski definition) is 6. The normalized spacial score (nSPS) is 20.6. The fraction of sp³-hybridized carbons (Fsp3) is 0.588. The van der Waals surface area contributed by atoms with Gasteiger partial charge in [-0.25, -0.2) is 12.7 Å². The Bertz CT molecular complexity index is 784. The molecule has 2 aliphatic heterocycles. The summed E-state index contributed by atoms with van der Waals surface area (Å²) in [7, 11) is -3.21. The molecule has 0 saturated carbocycles. The van der Waals surface area contributed by atoms with E-state index in [1.165, 1.54) is 10.6 Å². The van der Waals surface area contributed by atoms with Gasteiger partial charge in [0, 0.05) is 19.0 Å². The number of nitrogens with one attached hydrogen (secondary N) is 1. The van der Waals surface area contributed by atoms with Crippen LogP contribution in [0.4, 0.5) is 0 Å². The Labute approximate surface area is 153 Å². The average Bonchev–Trinajstić information content (AvgIpc) is 3.07. The molecule has 9 heteroatoms. The number of nitrogens with zero attached hydrogens (tertiary/aromatic N) is 1. The summed E-state index contributed by atoms with van der Waals surface area (Å²) in [4.78, 5) is 12.4. The van der Waals surface area contributed by atoms with Crippen LogP contribution < -0.4 is 14.8 Å². The molecule has 1 aromatic carbocycles. The lowest BCUT2D eigenvalue weighted by molar-refractivity contribution is -0.127. The van der Waals surface area contributed by atoms with Gasteiger partial charge < -0.3 is 19.9 Å². The molecule has 1 saturated heterocycles. The first kappa shape index (κ1) is 18.9. The Morgan fingerprint density at radius 3 is 2.62 bits per heavy atom. The summed E-state index contributed by atoms with van der Waals surface area (Å²) in [6.07, 6.45) is 2.13. The lowest BCUT2D eigenvalue weighted by Gasteiger charge is -2.30. The molecule has 1 atom stereocenters. The van der Waals surface area contributed by atoms with Crippen molar-refractivity contribution in [1.82, 2.24) is 9.62 Å². The monoisotopic (exact) mass is 384 g/mol. The van der Waals surface area contributed by atoms with Gasteiger partial charge in [-0.3, -0.25) is 4.79 Å². The summed E-state index contributed by atoms with van der Waals surface area (Å²) in [6, 6.07) is 5.18. The van der Waals surface area contributed by atoms with Crippen LogP contribution in [0.25, 0.3) is 0 Å². The molecule has 0 bridgehead atoms. The molecule has 144 valence electrons. The molecule has 0 radical (unpaired) electrons. The van der Waals surface area contributed by atoms with Crippen LogP contribution in [0.15, 0.2) is 18.2 Å². The largest absolute Gasteiger partial charge is 0.454 e. The first-order valence-corrected chi connectivity index (χ1v) is 10.4. The van der Waals surface area contributed by atoms with Crippen LogP contribution in [0.3, 0.4) is 0 Å². The van der Waals surface area contributed by atoms with Crippen molar-refractivity contribution in [1.29, 1.82) is 0 Å². The van der Waals surface area contributed by atoms with E-state index in [1.807, 2.05) is 0 Å². The highest BCUT2D eigenvalue weighted by Crippen LogP contribution is 2.35. The molecule has 26 heavy (non-hydrogen) atoms. The Morgan fingerprint density at radius 2 is 1.96 bits per heavy atom. The van der Waals surface area contributed by atoms with Crippen LogP contribution in [-0.2, 0) is 20.4 Å². The van der Waals surface area contributed by atoms with Gasteiger partial charge in [0.25, 0.3) is 0 Å². The van der Waals surface area contributed by atoms with Crippen LogP contribution in [0, 0.1) is 5.92 Å². The molecule has 0 aliphatic carbocycles. The molecule has 1 amide bonds. The number of hydrogen-bond donors (Lipinski definition) is 2. The second-order valence-corrected chi connectivity index (χ2v) is 8.98. The van der Waals surface area contributed by atoms with Crippen molar-refractivity contribution in [3.8, 4) is 11.5 Å². The molecule has 0 unspecified atom stereocenters. The summed E-state index contributed by atoms with van der Waals surface area (Å²) in [5.74, 6) is 0.785. The molecule has 0 spiro atoms. The van der Waals surface area contributed by atoms with Gasteiger partial charge in [0.15, 0.2) is 11.5 Å². The van der Waals surface area contributed by atoms with Crippen LogP contribution in [0.1, 0.15) is 25.3 Å². The van der Waals surface area contributed by atoms with Gasteiger partial charge in [0.05, 0.1) is 12.8 Å². The van der Waals surface area contributed by atoms with Crippen molar-refractivity contribution < 1.29 is 27.8 Å². The summed E-state index contributed by atoms with van der Waals surface area (Å²) in [6.45, 7) is 2.52. The zero-order valence-electron chi connectivity index (χ0n) is 14.9. The number of carbonyl (C=O) groups excluding carboxylic acids is 1. The smallest absolute Gasteiger partial charge is 0.231 e. The predicted octanol–water partition coefficient (Wildman–Crippen LogP) is 0.411. The van der Waals surface area contributed by atoms with Crippen molar-refractivity contribution in [3.63, 3.8) is 0 Å². The third kappa shape index (κ3) is 4.11. The Hall–Kier alpha value is -1.84. The number of aliphatic hydroxyl groups is 1. The number of benzene rings is 1. The Morgan fingerprint density at radius 1 is 1.31 bits per heavy atom. The zero-order valence-corrected chi connectivity index (χ0v) is 15.7. The number of ether oxygens (including phenoxy) is 2. The molecule has 8 nitrogen and oxygen atoms in total. The molecule has 3 rings (SSSR count). The maximum atomic E-state index is 12.4. The number of carbonyl (C=O) groups is 1. The van der Waals surface area contributed by atoms with Gasteiger partial charge >= 0.3 is 0 Å². The topological polar surface area (TPSA) is 105 Å². The minimum absolute atomic E-state index is 0.0533. The lowest BCUT2D eigenvalue weighted by atomic mass is 9.94. The van der Waals surface area contributed by atoms with Crippen molar-refractivity contribution >= 4 is 15.9 Å². The zero-order chi connectivity index (χ0) is 18.9. The maximum absolute atomic E-state index is 12.4. The van der Waals surface area contributed by atoms with Crippen LogP contribution in [0.2, 0.25) is 0 Å². The fourth-order valence-corrected chi connectivity index (χ4v) is 4.06. The van der Waals surface area contributed by atoms with Gasteiger partial charge in [0.1, 0.15) is 5.60 Å². The van der Waals surface area contributed by atoms with Crippen LogP contribution in [-0.4, -0.2) is 56.4 Å². The first-order valence-electron chi connectivity index (χ1n) is 8.52. The highest BCUT2D eigenvalue weighted by Gasteiger charge is 2.31. The van der Waals surface area contributed by atoms with E-state index in [0.717, 1.165) is 0 Å². The van der Waals surface area contributed by atoms with Crippen molar-refractivity contribution in [2.24, 2.45) is 5.92 Å². The fourth-order valence-electron chi connectivity index (χ4n) is 3.19. The number of sulfonamides is 1. The van der Waals surface area contributed by atoms with Gasteiger partial charge in [0.2, 0.25) is 22.7 Å². The Balaban J connectivity index is 1.55. The minimum Gasteiger partial charge on any atom is -0.454 e. The summed E-state index contributed by atoms with van der Waals surface area (Å²) < 4.78 is 35.0. The number of piperidine rings is 1. The Kier molecular flexibility index (Phi) is 5.14. The van der Waals surface area contributed by atoms with E-state index >= 15 is 0 Å². The second kappa shape index (κ2) is 7.05. The molecule has 2 heterocycles. The SMILES string of the molecule is C[C@@](O)(CNC(=O)C1CCN(S(C)(=O)=O)CC1)c1ccc2c(c1)OCO2. The molecule has 1 aromatic rings. The van der Waals surface area contributed by atoms with E-state index in [1.54, 1.807) is 25.1 Å². The quantitative estimate of drug-likeness (QED) is 0.762. The molecule has 2 N–H and O–H groups in total. The summed E-state index contributed by atoms with van der Waals surface area (Å²) in [5, 5.41) is 13.5. The van der Waals surface area contributed by atoms with E-state index in [9.17, 15) is 18.3 Å². The maximum Gasteiger partial charge on any atom is 0.231 e. The first-order chi connectivity index (χ1) is 12.2. The van der Waals surface area contributed by atoms with Gasteiger partial charge in [-0.1, -0.05) is 6.07 Å². The minimum atomic E-state index is -3.21. The summed E-state index contributed by atoms with van der Waals surface area (Å²) >= 11 is 0. The van der Waals surface area contributed by atoms with E-state index in [4.69, 9.17) is 9.47 Å². The number of rotatable bonds is 5. The molecule has 1 fully saturated rings. The van der Waals surface area contributed by atoms with E-state index in [0.29, 0.717) is 43.0 Å². The van der Waals surface area contributed by atoms with Crippen molar-refractivity contribution in [3.05, 3.63) is 23.8 Å². The molecule has 2 aliphatic rings. The van der Waals surface area contributed by atoms with Crippen LogP contribution in [0.5, 0.6) is 11.5 Å². The molecular weight excluding hydrogens is 360 g/mol. The second-order valence-electron chi connectivity index (χ2n) is 7.00. The lowest BCUT2D eigenvalue weighted by Crippen LogP contribution is -2.45. The van der Waals surface area contributed by atoms with Gasteiger partial charge in [-0.05, 0) is 37.5 Å². The number of fused-ring (bicyclic) bond motifs is 1. The van der Waals surface area contributed by atoms with Gasteiger partial charge in [-0.15, -0.1) is 0 Å². The average molecular weight is 384 g/mol. The van der Waals surface area contributed by atoms with E-state index in [-0.39, 0.29) is 25.2 Å². The molecule has 0 aromatic heterocycles.